The number of rotatable bonds is 15. The molecule has 3 aliphatic heterocycles. The predicted molar refractivity (Wildman–Crippen MR) is 121 cm³/mol. The standard InChI is InChI=1S/C24H38O12/c1-23(2,33-11-16-7-20(26)30-9-16)18(25)13-29-8-15(5-6-17-12-31-21(27)35-17)10-34-24(3,4)19-14-32-22(28)36-19/h15-19,25H,5-14H2,1-4H3. The second kappa shape index (κ2) is 12.4. The van der Waals surface area contributed by atoms with Crippen LogP contribution in [0.15, 0.2) is 0 Å². The summed E-state index contributed by atoms with van der Waals surface area (Å²) < 4.78 is 42.7. The van der Waals surface area contributed by atoms with Gasteiger partial charge >= 0.3 is 18.3 Å². The van der Waals surface area contributed by atoms with Crippen LogP contribution in [0.3, 0.4) is 0 Å². The Labute approximate surface area is 210 Å². The molecule has 3 saturated heterocycles. The fourth-order valence-electron chi connectivity index (χ4n) is 3.89. The summed E-state index contributed by atoms with van der Waals surface area (Å²) >= 11 is 0. The Kier molecular flexibility index (Phi) is 9.79. The average Bonchev–Trinajstić information content (AvgIpc) is 3.55. The molecular weight excluding hydrogens is 480 g/mol. The lowest BCUT2D eigenvalue weighted by molar-refractivity contribution is -0.139. The molecule has 12 nitrogen and oxygen atoms in total. The minimum absolute atomic E-state index is 0.0204. The number of cyclic esters (lactones) is 5. The topological polar surface area (TPSA) is 145 Å². The number of carbonyl (C=O) groups is 3. The molecular formula is C24H38O12. The first kappa shape index (κ1) is 28.4. The molecule has 0 aromatic heterocycles. The molecule has 0 bridgehead atoms. The van der Waals surface area contributed by atoms with Crippen LogP contribution < -0.4 is 0 Å². The van der Waals surface area contributed by atoms with Gasteiger partial charge < -0.3 is 43.0 Å². The number of esters is 1. The summed E-state index contributed by atoms with van der Waals surface area (Å²) in [6.07, 6.45) is -1.68. The zero-order valence-electron chi connectivity index (χ0n) is 21.4. The number of ether oxygens (including phenoxy) is 8. The van der Waals surface area contributed by atoms with Gasteiger partial charge in [-0.15, -0.1) is 0 Å². The van der Waals surface area contributed by atoms with Crippen molar-refractivity contribution < 1.29 is 57.4 Å². The van der Waals surface area contributed by atoms with Crippen molar-refractivity contribution >= 4 is 18.3 Å². The summed E-state index contributed by atoms with van der Waals surface area (Å²) in [7, 11) is 0. The van der Waals surface area contributed by atoms with E-state index in [0.29, 0.717) is 32.5 Å². The Morgan fingerprint density at radius 3 is 2.25 bits per heavy atom. The lowest BCUT2D eigenvalue weighted by Gasteiger charge is -2.33. The minimum Gasteiger partial charge on any atom is -0.465 e. The largest absolute Gasteiger partial charge is 0.508 e. The summed E-state index contributed by atoms with van der Waals surface area (Å²) in [6, 6.07) is 0. The molecule has 0 aliphatic carbocycles. The number of carbonyl (C=O) groups excluding carboxylic acids is 3. The van der Waals surface area contributed by atoms with Crippen LogP contribution in [0.4, 0.5) is 9.59 Å². The van der Waals surface area contributed by atoms with E-state index in [2.05, 4.69) is 0 Å². The van der Waals surface area contributed by atoms with Gasteiger partial charge in [-0.25, -0.2) is 9.59 Å². The van der Waals surface area contributed by atoms with Gasteiger partial charge in [-0.2, -0.15) is 0 Å². The quantitative estimate of drug-likeness (QED) is 0.250. The van der Waals surface area contributed by atoms with E-state index in [1.165, 1.54) is 0 Å². The fourth-order valence-corrected chi connectivity index (χ4v) is 3.89. The zero-order chi connectivity index (χ0) is 26.3. The van der Waals surface area contributed by atoms with E-state index >= 15 is 0 Å². The number of aliphatic hydroxyl groups is 1. The van der Waals surface area contributed by atoms with Crippen molar-refractivity contribution in [3.05, 3.63) is 0 Å². The molecule has 0 saturated carbocycles. The van der Waals surface area contributed by atoms with Crippen LogP contribution in [0.1, 0.15) is 47.0 Å². The first-order valence-electron chi connectivity index (χ1n) is 12.3. The van der Waals surface area contributed by atoms with Gasteiger partial charge in [0.1, 0.15) is 31.0 Å². The van der Waals surface area contributed by atoms with E-state index in [1.807, 2.05) is 13.8 Å². The fraction of sp³-hybridized carbons (Fsp3) is 0.875. The van der Waals surface area contributed by atoms with E-state index in [-0.39, 0.29) is 56.9 Å². The molecule has 3 rings (SSSR count). The highest BCUT2D eigenvalue weighted by Crippen LogP contribution is 2.26. The molecule has 12 heteroatoms. The van der Waals surface area contributed by atoms with E-state index in [1.54, 1.807) is 13.8 Å². The van der Waals surface area contributed by atoms with Gasteiger partial charge in [-0.05, 0) is 40.5 Å². The number of hydrogen-bond donors (Lipinski definition) is 1. The van der Waals surface area contributed by atoms with Crippen molar-refractivity contribution in [2.45, 2.75) is 76.5 Å². The maximum Gasteiger partial charge on any atom is 0.508 e. The Morgan fingerprint density at radius 2 is 1.64 bits per heavy atom. The van der Waals surface area contributed by atoms with E-state index in [9.17, 15) is 19.5 Å². The highest BCUT2D eigenvalue weighted by atomic mass is 16.8. The molecule has 5 atom stereocenters. The van der Waals surface area contributed by atoms with E-state index < -0.39 is 35.7 Å². The SMILES string of the molecule is CC(C)(OCC1COC(=O)C1)C(O)COCC(CCC1COC(=O)O1)COC(C)(C)C1COC(=O)O1. The summed E-state index contributed by atoms with van der Waals surface area (Å²) in [5, 5.41) is 10.7. The summed E-state index contributed by atoms with van der Waals surface area (Å²) in [5.74, 6) is -0.355. The molecule has 0 radical (unpaired) electrons. The molecule has 3 heterocycles. The third-order valence-electron chi connectivity index (χ3n) is 6.66. The van der Waals surface area contributed by atoms with Gasteiger partial charge in [0.25, 0.3) is 0 Å². The Bertz CT molecular complexity index is 766. The molecule has 0 amide bonds. The summed E-state index contributed by atoms with van der Waals surface area (Å²) in [5.41, 5.74) is -1.67. The summed E-state index contributed by atoms with van der Waals surface area (Å²) in [4.78, 5) is 33.8. The molecule has 206 valence electrons. The third-order valence-corrected chi connectivity index (χ3v) is 6.66. The Morgan fingerprint density at radius 1 is 0.917 bits per heavy atom. The monoisotopic (exact) mass is 518 g/mol. The number of aliphatic hydroxyl groups excluding tert-OH is 1. The smallest absolute Gasteiger partial charge is 0.465 e. The molecule has 0 aromatic carbocycles. The average molecular weight is 519 g/mol. The second-order valence-corrected chi connectivity index (χ2v) is 10.5. The maximum atomic E-state index is 11.3. The van der Waals surface area contributed by atoms with Gasteiger partial charge in [0, 0.05) is 11.8 Å². The van der Waals surface area contributed by atoms with Crippen LogP contribution in [0, 0.1) is 11.8 Å². The lowest BCUT2D eigenvalue weighted by atomic mass is 9.99. The molecule has 5 unspecified atom stereocenters. The maximum absolute atomic E-state index is 11.3. The van der Waals surface area contributed by atoms with Gasteiger partial charge in [0.05, 0.1) is 45.1 Å². The lowest BCUT2D eigenvalue weighted by Crippen LogP contribution is -2.44. The van der Waals surface area contributed by atoms with Crippen molar-refractivity contribution in [3.8, 4) is 0 Å². The van der Waals surface area contributed by atoms with Crippen LogP contribution in [-0.2, 0) is 42.7 Å². The highest BCUT2D eigenvalue weighted by Gasteiger charge is 2.40. The number of hydrogen-bond acceptors (Lipinski definition) is 12. The Hall–Kier alpha value is -2.15. The highest BCUT2D eigenvalue weighted by molar-refractivity contribution is 5.71. The zero-order valence-corrected chi connectivity index (χ0v) is 21.4. The molecule has 3 fully saturated rings. The first-order chi connectivity index (χ1) is 16.9. The van der Waals surface area contributed by atoms with Crippen molar-refractivity contribution in [3.63, 3.8) is 0 Å². The second-order valence-electron chi connectivity index (χ2n) is 10.5. The van der Waals surface area contributed by atoms with Gasteiger partial charge in [0.15, 0.2) is 6.10 Å². The van der Waals surface area contributed by atoms with Crippen LogP contribution in [0.25, 0.3) is 0 Å². The van der Waals surface area contributed by atoms with Gasteiger partial charge in [-0.3, -0.25) is 4.79 Å². The summed E-state index contributed by atoms with van der Waals surface area (Å²) in [6.45, 7) is 8.70. The molecule has 36 heavy (non-hydrogen) atoms. The van der Waals surface area contributed by atoms with E-state index in [4.69, 9.17) is 37.9 Å². The molecule has 3 aliphatic rings. The van der Waals surface area contributed by atoms with Crippen molar-refractivity contribution in [1.29, 1.82) is 0 Å². The van der Waals surface area contributed by atoms with Crippen molar-refractivity contribution in [1.82, 2.24) is 0 Å². The predicted octanol–water partition coefficient (Wildman–Crippen LogP) is 1.98. The third kappa shape index (κ3) is 8.46. The molecule has 0 spiro atoms. The van der Waals surface area contributed by atoms with Crippen molar-refractivity contribution in [2.75, 3.05) is 46.2 Å². The van der Waals surface area contributed by atoms with Crippen LogP contribution in [0.2, 0.25) is 0 Å². The normalized spacial score (nSPS) is 26.1. The van der Waals surface area contributed by atoms with Crippen LogP contribution in [-0.4, -0.2) is 99.1 Å². The van der Waals surface area contributed by atoms with E-state index in [0.717, 1.165) is 0 Å². The van der Waals surface area contributed by atoms with Crippen molar-refractivity contribution in [2.24, 2.45) is 11.8 Å². The molecule has 0 aromatic rings. The Balaban J connectivity index is 1.46. The molecule has 1 N–H and O–H groups in total. The van der Waals surface area contributed by atoms with Crippen LogP contribution in [0.5, 0.6) is 0 Å². The van der Waals surface area contributed by atoms with Gasteiger partial charge in [-0.1, -0.05) is 0 Å². The minimum atomic E-state index is -0.909. The first-order valence-corrected chi connectivity index (χ1v) is 12.3. The van der Waals surface area contributed by atoms with Gasteiger partial charge in [0.2, 0.25) is 0 Å². The van der Waals surface area contributed by atoms with Crippen LogP contribution >= 0.6 is 0 Å².